The highest BCUT2D eigenvalue weighted by Gasteiger charge is 2.14. The second-order valence-corrected chi connectivity index (χ2v) is 5.29. The molecule has 1 aromatic rings. The monoisotopic (exact) mass is 320 g/mol. The van der Waals surface area contributed by atoms with E-state index in [2.05, 4.69) is 15.6 Å². The van der Waals surface area contributed by atoms with E-state index in [4.69, 9.17) is 10.5 Å². The fourth-order valence-corrected chi connectivity index (χ4v) is 2.29. The van der Waals surface area contributed by atoms with Crippen LogP contribution in [0, 0.1) is 5.92 Å². The van der Waals surface area contributed by atoms with Crippen molar-refractivity contribution in [1.82, 2.24) is 0 Å². The third kappa shape index (κ3) is 6.28. The highest BCUT2D eigenvalue weighted by Crippen LogP contribution is 2.28. The summed E-state index contributed by atoms with van der Waals surface area (Å²) in [4.78, 5) is 16.3. The smallest absolute Gasteiger partial charge is 0.227 e. The van der Waals surface area contributed by atoms with Gasteiger partial charge in [0.25, 0.3) is 0 Å². The predicted octanol–water partition coefficient (Wildman–Crippen LogP) is 3.13. The molecule has 6 nitrogen and oxygen atoms in total. The van der Waals surface area contributed by atoms with E-state index in [1.54, 1.807) is 7.11 Å². The van der Waals surface area contributed by atoms with Gasteiger partial charge in [0.05, 0.1) is 17.7 Å². The number of methoxy groups -OCH3 is 1. The summed E-state index contributed by atoms with van der Waals surface area (Å²) in [5, 5.41) is 6.24. The van der Waals surface area contributed by atoms with Crippen molar-refractivity contribution in [3.63, 3.8) is 0 Å². The standard InChI is InChI=1S/C17H28N4O2/c1-4-13(5-2)17(22)21-14-7-8-15(16(11-14)20-12-18)19-9-6-10-23-3/h7-8,11-13,19H,4-6,9-10H2,1-3H3,(H2,18,20)(H,21,22). The van der Waals surface area contributed by atoms with Gasteiger partial charge < -0.3 is 21.1 Å². The molecular formula is C17H28N4O2. The molecule has 0 aliphatic heterocycles. The topological polar surface area (TPSA) is 88.7 Å². The fraction of sp³-hybridized carbons (Fsp3) is 0.529. The second kappa shape index (κ2) is 10.6. The molecule has 0 saturated heterocycles. The summed E-state index contributed by atoms with van der Waals surface area (Å²) in [7, 11) is 1.68. The van der Waals surface area contributed by atoms with E-state index in [1.807, 2.05) is 32.0 Å². The van der Waals surface area contributed by atoms with Crippen molar-refractivity contribution in [3.8, 4) is 0 Å². The number of nitrogens with zero attached hydrogens (tertiary/aromatic N) is 1. The third-order valence-corrected chi connectivity index (χ3v) is 3.68. The summed E-state index contributed by atoms with van der Waals surface area (Å²) < 4.78 is 5.03. The molecule has 0 bridgehead atoms. The van der Waals surface area contributed by atoms with Gasteiger partial charge >= 0.3 is 0 Å². The molecule has 6 heteroatoms. The number of hydrogen-bond acceptors (Lipinski definition) is 4. The van der Waals surface area contributed by atoms with Gasteiger partial charge in [0.2, 0.25) is 5.91 Å². The molecule has 0 aliphatic carbocycles. The number of ether oxygens (including phenoxy) is 1. The van der Waals surface area contributed by atoms with E-state index in [0.717, 1.165) is 37.2 Å². The lowest BCUT2D eigenvalue weighted by molar-refractivity contribution is -0.120. The molecule has 0 saturated carbocycles. The summed E-state index contributed by atoms with van der Waals surface area (Å²) in [5.41, 5.74) is 7.73. The summed E-state index contributed by atoms with van der Waals surface area (Å²) in [6.07, 6.45) is 3.81. The van der Waals surface area contributed by atoms with E-state index in [0.29, 0.717) is 12.3 Å². The minimum absolute atomic E-state index is 0.0308. The van der Waals surface area contributed by atoms with Gasteiger partial charge in [-0.3, -0.25) is 4.79 Å². The average molecular weight is 320 g/mol. The van der Waals surface area contributed by atoms with Crippen molar-refractivity contribution in [2.45, 2.75) is 33.1 Å². The molecule has 0 heterocycles. The Morgan fingerprint density at radius 2 is 2.13 bits per heavy atom. The number of hydrogen-bond donors (Lipinski definition) is 3. The Morgan fingerprint density at radius 1 is 1.39 bits per heavy atom. The van der Waals surface area contributed by atoms with Gasteiger partial charge in [-0.15, -0.1) is 0 Å². The molecular weight excluding hydrogens is 292 g/mol. The molecule has 0 spiro atoms. The zero-order chi connectivity index (χ0) is 17.1. The number of nitrogens with two attached hydrogens (primary N) is 1. The molecule has 0 radical (unpaired) electrons. The Balaban J connectivity index is 2.80. The first-order valence-corrected chi connectivity index (χ1v) is 8.08. The van der Waals surface area contributed by atoms with Gasteiger partial charge in [-0.2, -0.15) is 0 Å². The number of carbonyl (C=O) groups excluding carboxylic acids is 1. The average Bonchev–Trinajstić information content (AvgIpc) is 2.54. The molecule has 0 aliphatic rings. The maximum absolute atomic E-state index is 12.2. The van der Waals surface area contributed by atoms with Crippen LogP contribution in [0.3, 0.4) is 0 Å². The number of amides is 1. The predicted molar refractivity (Wildman–Crippen MR) is 96.5 cm³/mol. The molecule has 4 N–H and O–H groups in total. The maximum atomic E-state index is 12.2. The Morgan fingerprint density at radius 3 is 2.74 bits per heavy atom. The summed E-state index contributed by atoms with van der Waals surface area (Å²) in [6, 6.07) is 5.59. The Hall–Kier alpha value is -2.08. The van der Waals surface area contributed by atoms with Crippen LogP contribution in [0.4, 0.5) is 17.1 Å². The van der Waals surface area contributed by atoms with Crippen LogP contribution < -0.4 is 16.4 Å². The van der Waals surface area contributed by atoms with E-state index in [-0.39, 0.29) is 11.8 Å². The number of benzene rings is 1. The summed E-state index contributed by atoms with van der Waals surface area (Å²) >= 11 is 0. The molecule has 128 valence electrons. The lowest BCUT2D eigenvalue weighted by atomic mass is 10.0. The van der Waals surface area contributed by atoms with Crippen LogP contribution in [-0.4, -0.2) is 32.5 Å². The van der Waals surface area contributed by atoms with Crippen molar-refractivity contribution < 1.29 is 9.53 Å². The molecule has 0 unspecified atom stereocenters. The number of aliphatic imine (C=N–C) groups is 1. The van der Waals surface area contributed by atoms with Crippen molar-refractivity contribution in [2.75, 3.05) is 30.9 Å². The van der Waals surface area contributed by atoms with Crippen LogP contribution in [0.15, 0.2) is 23.2 Å². The molecule has 1 rings (SSSR count). The zero-order valence-electron chi connectivity index (χ0n) is 14.3. The number of carbonyl (C=O) groups is 1. The van der Waals surface area contributed by atoms with Crippen molar-refractivity contribution in [1.29, 1.82) is 0 Å². The van der Waals surface area contributed by atoms with Gasteiger partial charge in [-0.25, -0.2) is 4.99 Å². The molecule has 0 fully saturated rings. The molecule has 0 atom stereocenters. The summed E-state index contributed by atoms with van der Waals surface area (Å²) in [6.45, 7) is 5.52. The molecule has 1 aromatic carbocycles. The van der Waals surface area contributed by atoms with Crippen LogP contribution in [0.1, 0.15) is 33.1 Å². The zero-order valence-corrected chi connectivity index (χ0v) is 14.3. The van der Waals surface area contributed by atoms with E-state index in [1.165, 1.54) is 6.34 Å². The lowest BCUT2D eigenvalue weighted by Crippen LogP contribution is -2.21. The number of rotatable bonds is 10. The minimum atomic E-state index is 0.0308. The van der Waals surface area contributed by atoms with Crippen LogP contribution >= 0.6 is 0 Å². The van der Waals surface area contributed by atoms with Crippen molar-refractivity contribution in [3.05, 3.63) is 18.2 Å². The van der Waals surface area contributed by atoms with E-state index >= 15 is 0 Å². The molecule has 23 heavy (non-hydrogen) atoms. The minimum Gasteiger partial charge on any atom is -0.390 e. The maximum Gasteiger partial charge on any atom is 0.227 e. The van der Waals surface area contributed by atoms with Crippen molar-refractivity contribution in [2.24, 2.45) is 16.6 Å². The molecule has 0 aromatic heterocycles. The number of anilines is 2. The normalized spacial score (nSPS) is 11.1. The quantitative estimate of drug-likeness (QED) is 0.351. The fourth-order valence-electron chi connectivity index (χ4n) is 2.29. The Kier molecular flexibility index (Phi) is 8.75. The van der Waals surface area contributed by atoms with Crippen LogP contribution in [0.2, 0.25) is 0 Å². The van der Waals surface area contributed by atoms with Gasteiger partial charge in [0.1, 0.15) is 0 Å². The van der Waals surface area contributed by atoms with Gasteiger partial charge in [-0.05, 0) is 37.5 Å². The van der Waals surface area contributed by atoms with Crippen LogP contribution in [0.25, 0.3) is 0 Å². The van der Waals surface area contributed by atoms with E-state index < -0.39 is 0 Å². The second-order valence-electron chi connectivity index (χ2n) is 5.29. The van der Waals surface area contributed by atoms with E-state index in [9.17, 15) is 4.79 Å². The van der Waals surface area contributed by atoms with Crippen molar-refractivity contribution >= 4 is 29.3 Å². The Labute approximate surface area is 138 Å². The van der Waals surface area contributed by atoms with Gasteiger partial charge in [0.15, 0.2) is 0 Å². The largest absolute Gasteiger partial charge is 0.390 e. The first kappa shape index (κ1) is 19.0. The summed E-state index contributed by atoms with van der Waals surface area (Å²) in [5.74, 6) is 0.0711. The van der Waals surface area contributed by atoms with Gasteiger partial charge in [0, 0.05) is 31.9 Å². The Bertz CT molecular complexity index is 513. The number of nitrogens with one attached hydrogen (secondary N) is 2. The third-order valence-electron chi connectivity index (χ3n) is 3.68. The highest BCUT2D eigenvalue weighted by atomic mass is 16.5. The molecule has 1 amide bonds. The van der Waals surface area contributed by atoms with Crippen LogP contribution in [-0.2, 0) is 9.53 Å². The van der Waals surface area contributed by atoms with Gasteiger partial charge in [-0.1, -0.05) is 13.8 Å². The first-order valence-electron chi connectivity index (χ1n) is 8.08. The first-order chi connectivity index (χ1) is 11.2. The van der Waals surface area contributed by atoms with Crippen LogP contribution in [0.5, 0.6) is 0 Å². The SMILES string of the molecule is CCC(CC)C(=O)Nc1ccc(NCCCOC)c(N=CN)c1. The highest BCUT2D eigenvalue weighted by molar-refractivity contribution is 5.93. The lowest BCUT2D eigenvalue weighted by Gasteiger charge is -2.15.